The lowest BCUT2D eigenvalue weighted by Gasteiger charge is -2.15. The van der Waals surface area contributed by atoms with Crippen molar-refractivity contribution in [2.75, 3.05) is 5.32 Å². The van der Waals surface area contributed by atoms with E-state index < -0.39 is 82.0 Å². The molecular formula is C29H19BrCl3F6NO4. The number of halogens is 10. The second-order valence-electron chi connectivity index (χ2n) is 9.94. The Morgan fingerprint density at radius 3 is 2.30 bits per heavy atom. The number of nitrogens with one attached hydrogen (secondary N) is 1. The third-order valence-electron chi connectivity index (χ3n) is 6.90. The van der Waals surface area contributed by atoms with Gasteiger partial charge in [0.1, 0.15) is 27.9 Å². The number of carbonyl (C=O) groups excluding carboxylic acids is 3. The minimum Gasteiger partial charge on any atom is -0.326 e. The Morgan fingerprint density at radius 2 is 1.66 bits per heavy atom. The van der Waals surface area contributed by atoms with Gasteiger partial charge in [0.2, 0.25) is 5.91 Å². The molecule has 0 radical (unpaired) electrons. The Morgan fingerprint density at radius 1 is 1.00 bits per heavy atom. The molecule has 234 valence electrons. The van der Waals surface area contributed by atoms with Gasteiger partial charge in [-0.25, -0.2) is 13.2 Å². The molecule has 0 spiro atoms. The number of carbonyl (C=O) groups is 3. The lowest BCUT2D eigenvalue weighted by Crippen LogP contribution is -2.30. The number of rotatable bonds is 10. The van der Waals surface area contributed by atoms with Gasteiger partial charge in [0.25, 0.3) is 0 Å². The Labute approximate surface area is 269 Å². The molecule has 0 saturated heterocycles. The molecule has 0 aliphatic heterocycles. The summed E-state index contributed by atoms with van der Waals surface area (Å²) in [7, 11) is 0. The van der Waals surface area contributed by atoms with Gasteiger partial charge in [-0.2, -0.15) is 0 Å². The summed E-state index contributed by atoms with van der Waals surface area (Å²) in [6, 6.07) is 9.74. The van der Waals surface area contributed by atoms with Crippen LogP contribution in [0, 0.1) is 23.4 Å². The molecule has 4 rings (SSSR count). The second-order valence-corrected chi connectivity index (χ2v) is 12.6. The fourth-order valence-corrected chi connectivity index (χ4v) is 6.05. The number of ketones is 2. The van der Waals surface area contributed by atoms with Crippen molar-refractivity contribution in [2.24, 2.45) is 5.92 Å². The standard InChI is InChI=1S/C29H19BrCl3F6NO4/c1-12(44-29(37,38)39)22(41)11-17-20(34)6-3-14(26(17)36)9-23(42)16-10-15(4-5-19(16)31)40-27(43)25-24(28(25,32)33)13-2-7-21(35)18(30)8-13/h2-8,10,12,24-25H,9,11H2,1H3,(H,40,43)/t12?,24-,25+/m0/s1. The third-order valence-corrected chi connectivity index (χ3v) is 8.78. The topological polar surface area (TPSA) is 72.5 Å². The van der Waals surface area contributed by atoms with E-state index in [0.29, 0.717) is 5.56 Å². The normalized spacial score (nSPS) is 18.1. The molecule has 1 N–H and O–H groups in total. The van der Waals surface area contributed by atoms with Gasteiger partial charge in [0, 0.05) is 35.6 Å². The van der Waals surface area contributed by atoms with E-state index in [9.17, 15) is 36.3 Å². The average Bonchev–Trinajstić information content (AvgIpc) is 3.51. The van der Waals surface area contributed by atoms with Crippen molar-refractivity contribution in [2.45, 2.75) is 42.5 Å². The van der Waals surface area contributed by atoms with Crippen molar-refractivity contribution < 1.29 is 45.5 Å². The maximum absolute atomic E-state index is 15.2. The monoisotopic (exact) mass is 743 g/mol. The summed E-state index contributed by atoms with van der Waals surface area (Å²) in [6.45, 7) is 0.790. The van der Waals surface area contributed by atoms with Crippen LogP contribution in [0.5, 0.6) is 0 Å². The zero-order chi connectivity index (χ0) is 32.7. The molecule has 0 bridgehead atoms. The lowest BCUT2D eigenvalue weighted by atomic mass is 9.97. The number of Topliss-reactive ketones (excluding diaryl/α,β-unsaturated/α-hetero) is 2. The van der Waals surface area contributed by atoms with E-state index in [1.165, 1.54) is 36.4 Å². The van der Waals surface area contributed by atoms with Crippen LogP contribution in [-0.4, -0.2) is 34.3 Å². The van der Waals surface area contributed by atoms with E-state index >= 15 is 4.39 Å². The first-order valence-corrected chi connectivity index (χ1v) is 14.5. The SMILES string of the molecule is CC(OC(F)(F)F)C(=O)Cc1c(F)ccc(CC(=O)c2cc(NC(=O)[C@H]3[C@H](c4ccc(F)c(Br)c4)C3(Cl)Cl)ccc2Cl)c1F. The Kier molecular flexibility index (Phi) is 10.1. The zero-order valence-corrected chi connectivity index (χ0v) is 26.0. The number of alkyl halides is 5. The van der Waals surface area contributed by atoms with Crippen molar-refractivity contribution in [3.63, 3.8) is 0 Å². The van der Waals surface area contributed by atoms with Crippen LogP contribution in [0.2, 0.25) is 5.02 Å². The summed E-state index contributed by atoms with van der Waals surface area (Å²) in [5.74, 6) is -7.21. The van der Waals surface area contributed by atoms with E-state index in [1.54, 1.807) is 0 Å². The van der Waals surface area contributed by atoms with E-state index in [4.69, 9.17) is 34.8 Å². The zero-order valence-electron chi connectivity index (χ0n) is 22.2. The molecule has 1 fully saturated rings. The number of hydrogen-bond donors (Lipinski definition) is 1. The van der Waals surface area contributed by atoms with Crippen molar-refractivity contribution in [3.05, 3.63) is 97.7 Å². The van der Waals surface area contributed by atoms with Gasteiger partial charge in [0.15, 0.2) is 11.6 Å². The number of anilines is 1. The van der Waals surface area contributed by atoms with E-state index in [-0.39, 0.29) is 26.3 Å². The molecule has 0 aromatic heterocycles. The predicted molar refractivity (Wildman–Crippen MR) is 155 cm³/mol. The summed E-state index contributed by atoms with van der Waals surface area (Å²) in [5, 5.41) is 2.53. The van der Waals surface area contributed by atoms with Crippen molar-refractivity contribution in [1.82, 2.24) is 0 Å². The van der Waals surface area contributed by atoms with Crippen molar-refractivity contribution in [3.8, 4) is 0 Å². The summed E-state index contributed by atoms with van der Waals surface area (Å²) >= 11 is 22.0. The van der Waals surface area contributed by atoms with Crippen LogP contribution in [0.3, 0.4) is 0 Å². The molecule has 1 unspecified atom stereocenters. The first-order valence-electron chi connectivity index (χ1n) is 12.6. The van der Waals surface area contributed by atoms with Gasteiger partial charge in [-0.05, 0) is 70.4 Å². The molecule has 1 amide bonds. The molecule has 1 aliphatic rings. The van der Waals surface area contributed by atoms with E-state index in [0.717, 1.165) is 19.1 Å². The molecule has 1 saturated carbocycles. The molecule has 0 heterocycles. The lowest BCUT2D eigenvalue weighted by molar-refractivity contribution is -0.335. The van der Waals surface area contributed by atoms with Gasteiger partial charge in [0.05, 0.1) is 15.4 Å². The van der Waals surface area contributed by atoms with Gasteiger partial charge in [-0.3, -0.25) is 19.1 Å². The minimum atomic E-state index is -5.13. The summed E-state index contributed by atoms with van der Waals surface area (Å²) in [4.78, 5) is 38.3. The molecular weight excluding hydrogens is 727 g/mol. The Balaban J connectivity index is 1.49. The van der Waals surface area contributed by atoms with Crippen molar-refractivity contribution >= 4 is 73.9 Å². The fourth-order valence-electron chi connectivity index (χ4n) is 4.61. The van der Waals surface area contributed by atoms with Crippen LogP contribution in [0.25, 0.3) is 0 Å². The van der Waals surface area contributed by atoms with Crippen LogP contribution in [0.1, 0.15) is 39.9 Å². The Hall–Kier alpha value is -2.64. The van der Waals surface area contributed by atoms with Crippen LogP contribution >= 0.6 is 50.7 Å². The highest BCUT2D eigenvalue weighted by atomic mass is 79.9. The van der Waals surface area contributed by atoms with Crippen LogP contribution < -0.4 is 5.32 Å². The number of ether oxygens (including phenoxy) is 1. The molecule has 44 heavy (non-hydrogen) atoms. The summed E-state index contributed by atoms with van der Waals surface area (Å²) < 4.78 is 82.7. The minimum absolute atomic E-state index is 0.0615. The van der Waals surface area contributed by atoms with E-state index in [2.05, 4.69) is 26.0 Å². The van der Waals surface area contributed by atoms with Gasteiger partial charge in [-0.1, -0.05) is 23.7 Å². The molecule has 3 atom stereocenters. The summed E-state index contributed by atoms with van der Waals surface area (Å²) in [6.07, 6.45) is -8.89. The van der Waals surface area contributed by atoms with Crippen LogP contribution in [0.15, 0.2) is 53.0 Å². The first kappa shape index (κ1) is 34.2. The maximum atomic E-state index is 15.2. The number of hydrogen-bond acceptors (Lipinski definition) is 4. The smallest absolute Gasteiger partial charge is 0.326 e. The molecule has 3 aromatic rings. The molecule has 5 nitrogen and oxygen atoms in total. The first-order chi connectivity index (χ1) is 20.4. The van der Waals surface area contributed by atoms with Crippen LogP contribution in [0.4, 0.5) is 32.0 Å². The highest BCUT2D eigenvalue weighted by Gasteiger charge is 2.67. The number of benzene rings is 3. The van der Waals surface area contributed by atoms with Gasteiger partial charge >= 0.3 is 6.36 Å². The molecule has 3 aromatic carbocycles. The van der Waals surface area contributed by atoms with E-state index in [1.807, 2.05) is 0 Å². The molecule has 15 heteroatoms. The number of amides is 1. The highest BCUT2D eigenvalue weighted by molar-refractivity contribution is 9.10. The fraction of sp³-hybridized carbons (Fsp3) is 0.276. The quantitative estimate of drug-likeness (QED) is 0.128. The summed E-state index contributed by atoms with van der Waals surface area (Å²) in [5.41, 5.74) is -0.699. The predicted octanol–water partition coefficient (Wildman–Crippen LogP) is 8.51. The van der Waals surface area contributed by atoms with Gasteiger partial charge < -0.3 is 5.32 Å². The average molecular weight is 746 g/mol. The Bertz CT molecular complexity index is 1650. The van der Waals surface area contributed by atoms with Crippen LogP contribution in [-0.2, 0) is 27.2 Å². The third kappa shape index (κ3) is 7.59. The van der Waals surface area contributed by atoms with Gasteiger partial charge in [-0.15, -0.1) is 36.4 Å². The maximum Gasteiger partial charge on any atom is 0.523 e. The largest absolute Gasteiger partial charge is 0.523 e. The van der Waals surface area contributed by atoms with Crippen molar-refractivity contribution in [1.29, 1.82) is 0 Å². The highest BCUT2D eigenvalue weighted by Crippen LogP contribution is 2.65. The second kappa shape index (κ2) is 13.0. The molecule has 1 aliphatic carbocycles.